The predicted molar refractivity (Wildman–Crippen MR) is 82.1 cm³/mol. The first-order valence-corrected chi connectivity index (χ1v) is 7.74. The third kappa shape index (κ3) is 2.78. The fraction of sp³-hybridized carbons (Fsp3) is 0.667. The van der Waals surface area contributed by atoms with Crippen LogP contribution in [0.15, 0.2) is 6.08 Å². The van der Waals surface area contributed by atoms with Gasteiger partial charge >= 0.3 is 0 Å². The van der Waals surface area contributed by atoms with Crippen molar-refractivity contribution in [2.75, 3.05) is 19.7 Å². The average Bonchev–Trinajstić information content (AvgIpc) is 2.94. The maximum Gasteiger partial charge on any atom is 0.251 e. The fourth-order valence-corrected chi connectivity index (χ4v) is 2.95. The van der Waals surface area contributed by atoms with Crippen molar-refractivity contribution in [3.05, 3.63) is 17.7 Å². The molecule has 7 heteroatoms. The molecule has 0 spiro atoms. The Hall–Kier alpha value is -1.73. The fourth-order valence-electron chi connectivity index (χ4n) is 2.95. The number of hydrogen-bond acceptors (Lipinski definition) is 5. The zero-order valence-electron chi connectivity index (χ0n) is 13.3. The maximum absolute atomic E-state index is 12.4. The van der Waals surface area contributed by atoms with E-state index in [0.717, 1.165) is 36.7 Å². The summed E-state index contributed by atoms with van der Waals surface area (Å²) in [4.78, 5) is 12.4. The number of aromatic nitrogens is 3. The molecule has 7 nitrogen and oxygen atoms in total. The van der Waals surface area contributed by atoms with Gasteiger partial charge in [-0.1, -0.05) is 6.08 Å². The van der Waals surface area contributed by atoms with Gasteiger partial charge in [0.2, 0.25) is 0 Å². The molecule has 1 aromatic rings. The molecule has 0 aromatic carbocycles. The van der Waals surface area contributed by atoms with Gasteiger partial charge in [0.05, 0.1) is 12.1 Å². The molecule has 1 aromatic heterocycles. The van der Waals surface area contributed by atoms with E-state index in [9.17, 15) is 4.79 Å². The largest absolute Gasteiger partial charge is 0.366 e. The topological polar surface area (TPSA) is 81.1 Å². The van der Waals surface area contributed by atoms with Crippen LogP contribution in [0.1, 0.15) is 38.8 Å². The molecule has 1 amide bonds. The number of hydrogen-bond donors (Lipinski definition) is 2. The molecule has 0 saturated carbocycles. The van der Waals surface area contributed by atoms with Gasteiger partial charge in [-0.05, 0) is 32.8 Å². The first-order chi connectivity index (χ1) is 10.5. The van der Waals surface area contributed by atoms with Gasteiger partial charge in [0, 0.05) is 19.6 Å². The molecule has 0 bridgehead atoms. The van der Waals surface area contributed by atoms with Crippen molar-refractivity contribution in [3.63, 3.8) is 0 Å². The van der Waals surface area contributed by atoms with Crippen molar-refractivity contribution < 1.29 is 9.53 Å². The average molecular weight is 305 g/mol. The molecule has 0 unspecified atom stereocenters. The van der Waals surface area contributed by atoms with Crippen molar-refractivity contribution in [1.82, 2.24) is 25.4 Å². The molecule has 1 saturated heterocycles. The lowest BCUT2D eigenvalue weighted by molar-refractivity contribution is -0.136. The van der Waals surface area contributed by atoms with Gasteiger partial charge in [-0.25, -0.2) is 0 Å². The van der Waals surface area contributed by atoms with Crippen LogP contribution >= 0.6 is 0 Å². The summed E-state index contributed by atoms with van der Waals surface area (Å²) in [7, 11) is 0. The molecule has 1 atom stereocenters. The summed E-state index contributed by atoms with van der Waals surface area (Å²) in [6, 6.07) is 0. The number of carbonyl (C=O) groups excluding carboxylic acids is 1. The van der Waals surface area contributed by atoms with E-state index in [1.807, 2.05) is 20.8 Å². The van der Waals surface area contributed by atoms with Crippen molar-refractivity contribution in [3.8, 4) is 0 Å². The zero-order valence-corrected chi connectivity index (χ0v) is 13.3. The number of carbonyl (C=O) groups is 1. The van der Waals surface area contributed by atoms with Gasteiger partial charge in [0.1, 0.15) is 6.10 Å². The van der Waals surface area contributed by atoms with E-state index >= 15 is 0 Å². The minimum absolute atomic E-state index is 0.113. The Balaban J connectivity index is 1.78. The van der Waals surface area contributed by atoms with Crippen molar-refractivity contribution in [2.24, 2.45) is 0 Å². The summed E-state index contributed by atoms with van der Waals surface area (Å²) in [5, 5.41) is 14.8. The minimum atomic E-state index is -0.596. The number of fused-ring (bicyclic) bond motifs is 1. The van der Waals surface area contributed by atoms with Gasteiger partial charge in [-0.15, -0.1) is 10.2 Å². The zero-order chi connectivity index (χ0) is 15.7. The first-order valence-electron chi connectivity index (χ1n) is 7.74. The lowest BCUT2D eigenvalue weighted by atomic mass is 10.0. The van der Waals surface area contributed by atoms with Crippen LogP contribution in [0.3, 0.4) is 0 Å². The molecule has 120 valence electrons. The number of rotatable bonds is 3. The second-order valence-electron chi connectivity index (χ2n) is 6.35. The van der Waals surface area contributed by atoms with Crippen LogP contribution in [0.4, 0.5) is 0 Å². The van der Waals surface area contributed by atoms with Crippen LogP contribution in [0.2, 0.25) is 0 Å². The molecule has 22 heavy (non-hydrogen) atoms. The number of morpholine rings is 1. The lowest BCUT2D eigenvalue weighted by Crippen LogP contribution is -2.53. The first kappa shape index (κ1) is 15.2. The Labute approximate surface area is 130 Å². The number of nitrogens with zero attached hydrogens (tertiary/aromatic N) is 3. The third-order valence-corrected chi connectivity index (χ3v) is 4.12. The van der Waals surface area contributed by atoms with Crippen molar-refractivity contribution in [2.45, 2.75) is 45.4 Å². The maximum atomic E-state index is 12.4. The highest BCUT2D eigenvalue weighted by atomic mass is 16.5. The quantitative estimate of drug-likeness (QED) is 0.846. The summed E-state index contributed by atoms with van der Waals surface area (Å²) in [6.07, 6.45) is 2.68. The Bertz CT molecular complexity index is 599. The van der Waals surface area contributed by atoms with Crippen molar-refractivity contribution in [1.29, 1.82) is 0 Å². The smallest absolute Gasteiger partial charge is 0.251 e. The number of amides is 1. The minimum Gasteiger partial charge on any atom is -0.366 e. The summed E-state index contributed by atoms with van der Waals surface area (Å²) in [5.74, 6) is 1.56. The third-order valence-electron chi connectivity index (χ3n) is 4.12. The van der Waals surface area contributed by atoms with E-state index in [1.54, 1.807) is 0 Å². The molecule has 2 aliphatic heterocycles. The SMILES string of the molecule is CC1=CCCn2c1nnc2C(C)(C)NC(=O)[C@@H]1CNCCO1. The van der Waals surface area contributed by atoms with E-state index in [4.69, 9.17) is 4.74 Å². The molecule has 3 rings (SSSR count). The molecule has 0 radical (unpaired) electrons. The normalized spacial score (nSPS) is 22.0. The number of nitrogens with one attached hydrogen (secondary N) is 2. The van der Waals surface area contributed by atoms with E-state index in [1.165, 1.54) is 0 Å². The van der Waals surface area contributed by atoms with Crippen LogP contribution in [0.25, 0.3) is 5.57 Å². The summed E-state index contributed by atoms with van der Waals surface area (Å²) in [5.41, 5.74) is 0.535. The van der Waals surface area contributed by atoms with Gasteiger partial charge in [0.25, 0.3) is 5.91 Å². The Kier molecular flexibility index (Phi) is 4.01. The highest BCUT2D eigenvalue weighted by Crippen LogP contribution is 2.26. The van der Waals surface area contributed by atoms with E-state index in [-0.39, 0.29) is 5.91 Å². The Morgan fingerprint density at radius 1 is 1.50 bits per heavy atom. The Morgan fingerprint density at radius 3 is 3.05 bits per heavy atom. The van der Waals surface area contributed by atoms with Gasteiger partial charge < -0.3 is 19.9 Å². The lowest BCUT2D eigenvalue weighted by Gasteiger charge is -2.30. The Morgan fingerprint density at radius 2 is 2.32 bits per heavy atom. The summed E-state index contributed by atoms with van der Waals surface area (Å²) >= 11 is 0. The standard InChI is InChI=1S/C15H23N5O2/c1-10-5-4-7-20-12(10)18-19-14(20)15(2,3)17-13(21)11-9-16-6-8-22-11/h5,11,16H,4,6-9H2,1-3H3,(H,17,21)/t11-/m0/s1. The molecule has 0 aliphatic carbocycles. The van der Waals surface area contributed by atoms with Crippen LogP contribution in [-0.4, -0.2) is 46.5 Å². The van der Waals surface area contributed by atoms with Crippen LogP contribution < -0.4 is 10.6 Å². The molecule has 2 N–H and O–H groups in total. The highest BCUT2D eigenvalue weighted by molar-refractivity contribution is 5.82. The molecular weight excluding hydrogens is 282 g/mol. The monoisotopic (exact) mass is 305 g/mol. The second-order valence-corrected chi connectivity index (χ2v) is 6.35. The molecule has 1 fully saturated rings. The number of allylic oxidation sites excluding steroid dienone is 2. The van der Waals surface area contributed by atoms with Gasteiger partial charge in [0.15, 0.2) is 11.6 Å². The molecule has 2 aliphatic rings. The van der Waals surface area contributed by atoms with Gasteiger partial charge in [-0.3, -0.25) is 4.79 Å². The highest BCUT2D eigenvalue weighted by Gasteiger charge is 2.34. The van der Waals surface area contributed by atoms with Crippen LogP contribution in [0.5, 0.6) is 0 Å². The van der Waals surface area contributed by atoms with Gasteiger partial charge in [-0.2, -0.15) is 0 Å². The van der Waals surface area contributed by atoms with Crippen LogP contribution in [-0.2, 0) is 21.6 Å². The molecule has 3 heterocycles. The predicted octanol–water partition coefficient (Wildman–Crippen LogP) is 0.425. The molecular formula is C15H23N5O2. The van der Waals surface area contributed by atoms with Crippen molar-refractivity contribution >= 4 is 11.5 Å². The van der Waals surface area contributed by atoms with Crippen LogP contribution in [0, 0.1) is 0 Å². The van der Waals surface area contributed by atoms with E-state index < -0.39 is 11.6 Å². The van der Waals surface area contributed by atoms with E-state index in [2.05, 4.69) is 31.5 Å². The summed E-state index contributed by atoms with van der Waals surface area (Å²) in [6.45, 7) is 8.67. The second kappa shape index (κ2) is 5.81. The summed E-state index contributed by atoms with van der Waals surface area (Å²) < 4.78 is 7.60. The number of ether oxygens (including phenoxy) is 1. The van der Waals surface area contributed by atoms with E-state index in [0.29, 0.717) is 13.2 Å².